The molecule has 1 fully saturated rings. The van der Waals surface area contributed by atoms with Crippen LogP contribution in [0.2, 0.25) is 0 Å². The summed E-state index contributed by atoms with van der Waals surface area (Å²) in [7, 11) is 1.34. The lowest BCUT2D eigenvalue weighted by Crippen LogP contribution is -2.43. The molecule has 0 saturated carbocycles. The molecular formula is C12H13NO3. The Hall–Kier alpha value is -1.68. The average molecular weight is 219 g/mol. The molecule has 16 heavy (non-hydrogen) atoms. The fraction of sp³-hybridized carbons (Fsp3) is 0.333. The zero-order valence-corrected chi connectivity index (χ0v) is 9.05. The predicted octanol–water partition coefficient (Wildman–Crippen LogP) is 1.48. The molecule has 1 unspecified atom stereocenters. The molecule has 1 aliphatic rings. The largest absolute Gasteiger partial charge is 0.272 e. The first-order valence-corrected chi connectivity index (χ1v) is 5.20. The Kier molecular flexibility index (Phi) is 3.01. The molecule has 0 radical (unpaired) electrons. The van der Waals surface area contributed by atoms with Crippen LogP contribution in [0.5, 0.6) is 0 Å². The van der Waals surface area contributed by atoms with E-state index in [1.807, 2.05) is 30.3 Å². The van der Waals surface area contributed by atoms with Gasteiger partial charge in [-0.15, -0.1) is 0 Å². The normalized spacial score (nSPS) is 21.3. The van der Waals surface area contributed by atoms with E-state index in [0.717, 1.165) is 10.6 Å². The molecule has 0 spiro atoms. The molecule has 4 nitrogen and oxygen atoms in total. The van der Waals surface area contributed by atoms with Gasteiger partial charge in [-0.25, -0.2) is 0 Å². The molecule has 0 aromatic heterocycles. The van der Waals surface area contributed by atoms with Crippen LogP contribution in [0.25, 0.3) is 0 Å². The van der Waals surface area contributed by atoms with E-state index in [0.29, 0.717) is 12.8 Å². The van der Waals surface area contributed by atoms with Crippen molar-refractivity contribution in [2.45, 2.75) is 18.8 Å². The summed E-state index contributed by atoms with van der Waals surface area (Å²) in [6.45, 7) is 0. The third kappa shape index (κ3) is 1.84. The monoisotopic (exact) mass is 219 g/mol. The molecule has 4 heteroatoms. The first-order chi connectivity index (χ1) is 7.74. The maximum atomic E-state index is 11.9. The summed E-state index contributed by atoms with van der Waals surface area (Å²) in [4.78, 5) is 28.1. The van der Waals surface area contributed by atoms with Crippen molar-refractivity contribution in [3.63, 3.8) is 0 Å². The molecule has 2 amide bonds. The highest BCUT2D eigenvalue weighted by Gasteiger charge is 2.35. The lowest BCUT2D eigenvalue weighted by molar-refractivity contribution is -0.192. The zero-order chi connectivity index (χ0) is 11.5. The summed E-state index contributed by atoms with van der Waals surface area (Å²) in [6, 6.07) is 9.46. The van der Waals surface area contributed by atoms with E-state index in [9.17, 15) is 9.59 Å². The van der Waals surface area contributed by atoms with E-state index < -0.39 is 0 Å². The van der Waals surface area contributed by atoms with Crippen molar-refractivity contribution in [2.75, 3.05) is 7.11 Å². The van der Waals surface area contributed by atoms with E-state index in [1.165, 1.54) is 7.11 Å². The number of carbonyl (C=O) groups excluding carboxylic acids is 2. The van der Waals surface area contributed by atoms with Crippen molar-refractivity contribution >= 4 is 11.8 Å². The highest BCUT2D eigenvalue weighted by molar-refractivity contribution is 5.99. The first kappa shape index (κ1) is 10.8. The minimum absolute atomic E-state index is 0.264. The SMILES string of the molecule is CON1C(=O)CCC(c2ccccc2)C1=O. The van der Waals surface area contributed by atoms with Crippen LogP contribution in [0.1, 0.15) is 24.3 Å². The van der Waals surface area contributed by atoms with E-state index >= 15 is 0 Å². The second-order valence-electron chi connectivity index (χ2n) is 3.71. The molecule has 1 aromatic carbocycles. The summed E-state index contributed by atoms with van der Waals surface area (Å²) >= 11 is 0. The van der Waals surface area contributed by atoms with Crippen LogP contribution >= 0.6 is 0 Å². The van der Waals surface area contributed by atoms with Crippen molar-refractivity contribution in [3.05, 3.63) is 35.9 Å². The summed E-state index contributed by atoms with van der Waals surface area (Å²) in [5.41, 5.74) is 0.932. The Morgan fingerprint density at radius 1 is 1.25 bits per heavy atom. The second kappa shape index (κ2) is 4.45. The molecule has 1 saturated heterocycles. The third-order valence-electron chi connectivity index (χ3n) is 2.76. The van der Waals surface area contributed by atoms with Gasteiger partial charge in [0.25, 0.3) is 11.8 Å². The first-order valence-electron chi connectivity index (χ1n) is 5.20. The number of hydrogen-bond donors (Lipinski definition) is 0. The second-order valence-corrected chi connectivity index (χ2v) is 3.71. The van der Waals surface area contributed by atoms with Crippen molar-refractivity contribution in [3.8, 4) is 0 Å². The number of nitrogens with zero attached hydrogens (tertiary/aromatic N) is 1. The van der Waals surface area contributed by atoms with E-state index in [-0.39, 0.29) is 17.7 Å². The number of piperidine rings is 1. The lowest BCUT2D eigenvalue weighted by Gasteiger charge is -2.28. The smallest absolute Gasteiger partial charge is 0.261 e. The van der Waals surface area contributed by atoms with Crippen LogP contribution in [0.4, 0.5) is 0 Å². The van der Waals surface area contributed by atoms with Crippen molar-refractivity contribution < 1.29 is 14.4 Å². The van der Waals surface area contributed by atoms with Crippen molar-refractivity contribution in [2.24, 2.45) is 0 Å². The fourth-order valence-corrected chi connectivity index (χ4v) is 1.94. The molecular weight excluding hydrogens is 206 g/mol. The summed E-state index contributed by atoms with van der Waals surface area (Å²) in [5.74, 6) is -0.802. The lowest BCUT2D eigenvalue weighted by atomic mass is 9.90. The van der Waals surface area contributed by atoms with Gasteiger partial charge in [0, 0.05) is 6.42 Å². The standard InChI is InChI=1S/C12H13NO3/c1-16-13-11(14)8-7-10(12(13)15)9-5-3-2-4-6-9/h2-6,10H,7-8H2,1H3. The van der Waals surface area contributed by atoms with Gasteiger partial charge < -0.3 is 0 Å². The number of carbonyl (C=O) groups is 2. The number of rotatable bonds is 2. The fourth-order valence-electron chi connectivity index (χ4n) is 1.94. The van der Waals surface area contributed by atoms with Gasteiger partial charge in [0.1, 0.15) is 0 Å². The molecule has 1 aromatic rings. The molecule has 2 rings (SSSR count). The summed E-state index contributed by atoms with van der Waals surface area (Å²) in [5, 5.41) is 0.862. The van der Waals surface area contributed by atoms with Gasteiger partial charge in [0.15, 0.2) is 0 Å². The Labute approximate surface area is 93.8 Å². The molecule has 0 N–H and O–H groups in total. The van der Waals surface area contributed by atoms with Crippen molar-refractivity contribution in [1.29, 1.82) is 0 Å². The zero-order valence-electron chi connectivity index (χ0n) is 9.05. The quantitative estimate of drug-likeness (QED) is 0.708. The molecule has 1 atom stereocenters. The van der Waals surface area contributed by atoms with E-state index in [4.69, 9.17) is 4.84 Å². The van der Waals surface area contributed by atoms with Crippen LogP contribution in [-0.2, 0) is 14.4 Å². The molecule has 84 valence electrons. The number of benzene rings is 1. The third-order valence-corrected chi connectivity index (χ3v) is 2.76. The molecule has 0 aliphatic carbocycles. The maximum absolute atomic E-state index is 11.9. The number of amides is 2. The van der Waals surface area contributed by atoms with Gasteiger partial charge in [0.2, 0.25) is 0 Å². The van der Waals surface area contributed by atoms with Gasteiger partial charge in [-0.05, 0) is 12.0 Å². The van der Waals surface area contributed by atoms with Crippen molar-refractivity contribution in [1.82, 2.24) is 5.06 Å². The maximum Gasteiger partial charge on any atom is 0.261 e. The Morgan fingerprint density at radius 2 is 1.94 bits per heavy atom. The van der Waals surface area contributed by atoms with Crippen LogP contribution in [-0.4, -0.2) is 24.0 Å². The van der Waals surface area contributed by atoms with E-state index in [1.54, 1.807) is 0 Å². The number of hydroxylamine groups is 2. The topological polar surface area (TPSA) is 46.6 Å². The highest BCUT2D eigenvalue weighted by atomic mass is 16.7. The van der Waals surface area contributed by atoms with Crippen LogP contribution in [0.3, 0.4) is 0 Å². The van der Waals surface area contributed by atoms with Gasteiger partial charge in [-0.1, -0.05) is 30.3 Å². The minimum atomic E-state index is -0.273. The average Bonchev–Trinajstić information content (AvgIpc) is 2.31. The number of imide groups is 1. The molecule has 1 heterocycles. The summed E-state index contributed by atoms with van der Waals surface area (Å²) < 4.78 is 0. The van der Waals surface area contributed by atoms with Crippen LogP contribution < -0.4 is 0 Å². The van der Waals surface area contributed by atoms with Crippen LogP contribution in [0, 0.1) is 0 Å². The molecule has 0 bridgehead atoms. The van der Waals surface area contributed by atoms with E-state index in [2.05, 4.69) is 0 Å². The Morgan fingerprint density at radius 3 is 2.56 bits per heavy atom. The van der Waals surface area contributed by atoms with Crippen LogP contribution in [0.15, 0.2) is 30.3 Å². The van der Waals surface area contributed by atoms with Gasteiger partial charge in [0.05, 0.1) is 13.0 Å². The van der Waals surface area contributed by atoms with Gasteiger partial charge in [-0.2, -0.15) is 5.06 Å². The summed E-state index contributed by atoms with van der Waals surface area (Å²) in [6.07, 6.45) is 0.903. The highest BCUT2D eigenvalue weighted by Crippen LogP contribution is 2.28. The Balaban J connectivity index is 2.24. The Bertz CT molecular complexity index is 402. The van der Waals surface area contributed by atoms with Gasteiger partial charge in [-0.3, -0.25) is 14.4 Å². The number of hydrogen-bond acceptors (Lipinski definition) is 3. The minimum Gasteiger partial charge on any atom is -0.272 e. The predicted molar refractivity (Wildman–Crippen MR) is 57.3 cm³/mol. The van der Waals surface area contributed by atoms with Gasteiger partial charge >= 0.3 is 0 Å². The molecule has 1 aliphatic heterocycles.